The van der Waals surface area contributed by atoms with Crippen LogP contribution >= 0.6 is 0 Å². The monoisotopic (exact) mass is 320 g/mol. The molecule has 1 aromatic rings. The van der Waals surface area contributed by atoms with Gasteiger partial charge >= 0.3 is 0 Å². The van der Waals surface area contributed by atoms with Crippen molar-refractivity contribution >= 4 is 0 Å². The number of benzene rings is 1. The van der Waals surface area contributed by atoms with E-state index in [1.807, 2.05) is 26.0 Å². The van der Waals surface area contributed by atoms with Gasteiger partial charge in [0.05, 0.1) is 13.2 Å². The molecule has 0 N–H and O–H groups in total. The number of methoxy groups -OCH3 is 1. The number of ether oxygens (including phenoxy) is 4. The molecule has 1 aromatic carbocycles. The fourth-order valence-electron chi connectivity index (χ4n) is 3.55. The Kier molecular flexibility index (Phi) is 4.95. The molecule has 0 atom stereocenters. The Bertz CT molecular complexity index is 489. The van der Waals surface area contributed by atoms with Crippen LogP contribution in [0.3, 0.4) is 0 Å². The summed E-state index contributed by atoms with van der Waals surface area (Å²) in [4.78, 5) is 0. The van der Waals surface area contributed by atoms with E-state index >= 15 is 0 Å². The van der Waals surface area contributed by atoms with Crippen LogP contribution in [0.25, 0.3) is 0 Å². The molecule has 2 aliphatic rings. The van der Waals surface area contributed by atoms with Gasteiger partial charge in [-0.3, -0.25) is 0 Å². The lowest BCUT2D eigenvalue weighted by atomic mass is 9.69. The van der Waals surface area contributed by atoms with Crippen molar-refractivity contribution in [1.29, 1.82) is 0 Å². The highest BCUT2D eigenvalue weighted by molar-refractivity contribution is 5.29. The van der Waals surface area contributed by atoms with Crippen molar-refractivity contribution in [3.05, 3.63) is 29.8 Å². The number of rotatable bonds is 4. The van der Waals surface area contributed by atoms with Gasteiger partial charge in [-0.15, -0.1) is 0 Å². The first-order valence-corrected chi connectivity index (χ1v) is 8.52. The molecule has 2 fully saturated rings. The maximum atomic E-state index is 5.90. The van der Waals surface area contributed by atoms with Crippen LogP contribution < -0.4 is 4.74 Å². The summed E-state index contributed by atoms with van der Waals surface area (Å²) in [5, 5.41) is 0. The van der Waals surface area contributed by atoms with E-state index in [0.717, 1.165) is 19.0 Å². The van der Waals surface area contributed by atoms with Gasteiger partial charge in [0.25, 0.3) is 0 Å². The molecule has 1 saturated heterocycles. The lowest BCUT2D eigenvalue weighted by Crippen LogP contribution is -2.47. The maximum absolute atomic E-state index is 5.90. The fraction of sp³-hybridized carbons (Fsp3) is 0.684. The molecule has 4 heteroatoms. The molecule has 1 saturated carbocycles. The first-order valence-electron chi connectivity index (χ1n) is 8.52. The lowest BCUT2D eigenvalue weighted by Gasteiger charge is -2.47. The minimum atomic E-state index is -0.417. The molecule has 1 heterocycles. The summed E-state index contributed by atoms with van der Waals surface area (Å²) >= 11 is 0. The smallest absolute Gasteiger partial charge is 0.188 e. The molecule has 0 aromatic heterocycles. The minimum absolute atomic E-state index is 0.230. The van der Waals surface area contributed by atoms with Crippen LogP contribution in [-0.2, 0) is 14.2 Å². The highest BCUT2D eigenvalue weighted by Gasteiger charge is 2.42. The summed E-state index contributed by atoms with van der Waals surface area (Å²) in [5.41, 5.74) is 1.63. The highest BCUT2D eigenvalue weighted by atomic mass is 16.7. The van der Waals surface area contributed by atoms with Crippen LogP contribution in [-0.4, -0.2) is 32.9 Å². The van der Waals surface area contributed by atoms with E-state index in [1.54, 1.807) is 7.11 Å². The van der Waals surface area contributed by atoms with E-state index in [0.29, 0.717) is 12.7 Å². The second-order valence-electron chi connectivity index (χ2n) is 7.37. The lowest BCUT2D eigenvalue weighted by molar-refractivity contribution is -0.290. The van der Waals surface area contributed by atoms with Crippen molar-refractivity contribution in [3.8, 4) is 5.75 Å². The van der Waals surface area contributed by atoms with Gasteiger partial charge < -0.3 is 18.9 Å². The van der Waals surface area contributed by atoms with E-state index < -0.39 is 5.79 Å². The Balaban J connectivity index is 1.54. The third kappa shape index (κ3) is 4.06. The van der Waals surface area contributed by atoms with Crippen LogP contribution in [0.2, 0.25) is 0 Å². The number of hydrogen-bond acceptors (Lipinski definition) is 4. The summed E-state index contributed by atoms with van der Waals surface area (Å²) in [7, 11) is 1.63. The Morgan fingerprint density at radius 3 is 2.22 bits per heavy atom. The summed E-state index contributed by atoms with van der Waals surface area (Å²) in [6.45, 7) is 5.95. The molecule has 0 radical (unpaired) electrons. The maximum Gasteiger partial charge on any atom is 0.188 e. The molecular weight excluding hydrogens is 292 g/mol. The van der Waals surface area contributed by atoms with Crippen molar-refractivity contribution in [3.63, 3.8) is 0 Å². The highest BCUT2D eigenvalue weighted by Crippen LogP contribution is 2.46. The molecule has 3 rings (SSSR count). The normalized spacial score (nSPS) is 23.8. The van der Waals surface area contributed by atoms with Gasteiger partial charge in [-0.25, -0.2) is 0 Å². The zero-order valence-corrected chi connectivity index (χ0v) is 14.5. The molecule has 1 spiro atoms. The molecule has 4 nitrogen and oxygen atoms in total. The van der Waals surface area contributed by atoms with Crippen molar-refractivity contribution in [2.75, 3.05) is 27.1 Å². The average Bonchev–Trinajstić information content (AvgIpc) is 2.57. The predicted octanol–water partition coefficient (Wildman–Crippen LogP) is 4.10. The number of hydrogen-bond donors (Lipinski definition) is 0. The average molecular weight is 320 g/mol. The first kappa shape index (κ1) is 16.7. The van der Waals surface area contributed by atoms with Gasteiger partial charge in [0, 0.05) is 12.5 Å². The van der Waals surface area contributed by atoms with Gasteiger partial charge in [-0.2, -0.15) is 0 Å². The van der Waals surface area contributed by atoms with Gasteiger partial charge in [0.15, 0.2) is 12.6 Å². The minimum Gasteiger partial charge on any atom is -0.468 e. The van der Waals surface area contributed by atoms with Crippen molar-refractivity contribution in [2.45, 2.75) is 51.2 Å². The van der Waals surface area contributed by atoms with Crippen molar-refractivity contribution in [1.82, 2.24) is 0 Å². The van der Waals surface area contributed by atoms with Crippen molar-refractivity contribution < 1.29 is 18.9 Å². The molecule has 23 heavy (non-hydrogen) atoms. The van der Waals surface area contributed by atoms with Gasteiger partial charge in [0.2, 0.25) is 0 Å². The zero-order chi connectivity index (χ0) is 16.3. The van der Waals surface area contributed by atoms with Gasteiger partial charge in [-0.05, 0) is 63.1 Å². The van der Waals surface area contributed by atoms with Crippen LogP contribution in [0.1, 0.15) is 51.0 Å². The fourth-order valence-corrected chi connectivity index (χ4v) is 3.55. The Morgan fingerprint density at radius 1 is 1.04 bits per heavy atom. The van der Waals surface area contributed by atoms with Gasteiger partial charge in [-0.1, -0.05) is 12.1 Å². The summed E-state index contributed by atoms with van der Waals surface area (Å²) in [5.74, 6) is 1.08. The summed E-state index contributed by atoms with van der Waals surface area (Å²) in [6, 6.07) is 8.44. The summed E-state index contributed by atoms with van der Waals surface area (Å²) < 4.78 is 22.2. The second kappa shape index (κ2) is 6.80. The van der Waals surface area contributed by atoms with Gasteiger partial charge in [0.1, 0.15) is 5.75 Å². The van der Waals surface area contributed by atoms with E-state index in [4.69, 9.17) is 18.9 Å². The molecule has 0 bridgehead atoms. The third-order valence-corrected chi connectivity index (χ3v) is 5.19. The van der Waals surface area contributed by atoms with E-state index in [2.05, 4.69) is 12.1 Å². The van der Waals surface area contributed by atoms with Crippen LogP contribution in [0.15, 0.2) is 24.3 Å². The second-order valence-corrected chi connectivity index (χ2v) is 7.37. The molecular formula is C19H28O4. The molecule has 128 valence electrons. The van der Waals surface area contributed by atoms with Crippen LogP contribution in [0, 0.1) is 5.41 Å². The molecule has 1 aliphatic carbocycles. The SMILES string of the molecule is COCOc1ccc(C2CCC3(CC2)COC(C)(C)OC3)cc1. The topological polar surface area (TPSA) is 36.9 Å². The standard InChI is InChI=1S/C19H28O4/c1-18(2)22-12-19(13-23-18)10-8-16(9-11-19)15-4-6-17(7-5-15)21-14-20-3/h4-7,16H,8-14H2,1-3H3. The zero-order valence-electron chi connectivity index (χ0n) is 14.5. The quantitative estimate of drug-likeness (QED) is 0.783. The third-order valence-electron chi connectivity index (χ3n) is 5.19. The largest absolute Gasteiger partial charge is 0.468 e. The Labute approximate surface area is 139 Å². The first-order chi connectivity index (χ1) is 11.0. The predicted molar refractivity (Wildman–Crippen MR) is 88.6 cm³/mol. The summed E-state index contributed by atoms with van der Waals surface area (Å²) in [6.07, 6.45) is 4.75. The van der Waals surface area contributed by atoms with E-state index in [-0.39, 0.29) is 5.41 Å². The molecule has 1 aliphatic heterocycles. The van der Waals surface area contributed by atoms with E-state index in [1.165, 1.54) is 31.2 Å². The van der Waals surface area contributed by atoms with Crippen molar-refractivity contribution in [2.24, 2.45) is 5.41 Å². The molecule has 0 unspecified atom stereocenters. The van der Waals surface area contributed by atoms with Crippen LogP contribution in [0.5, 0.6) is 5.75 Å². The van der Waals surface area contributed by atoms with E-state index in [9.17, 15) is 0 Å². The Hall–Kier alpha value is -1.10. The van der Waals surface area contributed by atoms with Crippen LogP contribution in [0.4, 0.5) is 0 Å². The molecule has 0 amide bonds. The Morgan fingerprint density at radius 2 is 1.65 bits per heavy atom.